The number of phenols is 1. The van der Waals surface area contributed by atoms with Crippen LogP contribution >= 0.6 is 15.9 Å². The van der Waals surface area contributed by atoms with Crippen LogP contribution in [0.1, 0.15) is 39.2 Å². The van der Waals surface area contributed by atoms with E-state index in [9.17, 15) is 5.11 Å². The normalized spacial score (nSPS) is 11.7. The number of benzene rings is 1. The Kier molecular flexibility index (Phi) is 3.59. The van der Waals surface area contributed by atoms with E-state index in [1.54, 1.807) is 0 Å². The first-order chi connectivity index (χ1) is 6.47. The molecule has 1 aromatic rings. The van der Waals surface area contributed by atoms with Gasteiger partial charge in [0.05, 0.1) is 4.47 Å². The van der Waals surface area contributed by atoms with Crippen molar-refractivity contribution in [2.45, 2.75) is 39.0 Å². The molecule has 0 unspecified atom stereocenters. The van der Waals surface area contributed by atoms with Crippen molar-refractivity contribution < 1.29 is 5.11 Å². The van der Waals surface area contributed by atoms with E-state index in [0.29, 0.717) is 5.75 Å². The van der Waals surface area contributed by atoms with Crippen LogP contribution in [-0.2, 0) is 5.41 Å². The molecule has 1 nitrogen and oxygen atoms in total. The van der Waals surface area contributed by atoms with Crippen LogP contribution in [0.3, 0.4) is 0 Å². The van der Waals surface area contributed by atoms with E-state index >= 15 is 0 Å². The summed E-state index contributed by atoms with van der Waals surface area (Å²) in [6, 6.07) is 5.82. The monoisotopic (exact) mass is 256 g/mol. The molecule has 0 bridgehead atoms. The van der Waals surface area contributed by atoms with E-state index < -0.39 is 0 Å². The maximum Gasteiger partial charge on any atom is 0.130 e. The van der Waals surface area contributed by atoms with E-state index in [1.807, 2.05) is 12.1 Å². The molecule has 14 heavy (non-hydrogen) atoms. The average Bonchev–Trinajstić information content (AvgIpc) is 2.09. The van der Waals surface area contributed by atoms with Crippen molar-refractivity contribution in [1.82, 2.24) is 0 Å². The quantitative estimate of drug-likeness (QED) is 0.858. The number of phenolic OH excluding ortho intramolecular Hbond substituents is 1. The second-order valence-corrected chi connectivity index (χ2v) is 5.15. The van der Waals surface area contributed by atoms with Crippen LogP contribution in [0.25, 0.3) is 0 Å². The summed E-state index contributed by atoms with van der Waals surface area (Å²) < 4.78 is 0.758. The summed E-state index contributed by atoms with van der Waals surface area (Å²) in [6.07, 6.45) is 2.29. The molecular weight excluding hydrogens is 240 g/mol. The molecule has 0 fully saturated rings. The van der Waals surface area contributed by atoms with Gasteiger partial charge in [0.1, 0.15) is 5.75 Å². The molecule has 0 aliphatic carbocycles. The fourth-order valence-corrected chi connectivity index (χ4v) is 1.95. The fraction of sp³-hybridized carbons (Fsp3) is 0.500. The molecule has 0 spiro atoms. The predicted octanol–water partition coefficient (Wildman–Crippen LogP) is 4.23. The minimum absolute atomic E-state index is 0.146. The lowest BCUT2D eigenvalue weighted by molar-refractivity contribution is 0.452. The lowest BCUT2D eigenvalue weighted by atomic mass is 9.81. The van der Waals surface area contributed by atoms with Gasteiger partial charge in [-0.05, 0) is 45.5 Å². The van der Waals surface area contributed by atoms with Crippen LogP contribution in [-0.4, -0.2) is 5.11 Å². The number of halogens is 1. The molecule has 0 aromatic heterocycles. The highest BCUT2D eigenvalue weighted by Crippen LogP contribution is 2.33. The lowest BCUT2D eigenvalue weighted by Gasteiger charge is -2.24. The Morgan fingerprint density at radius 3 is 2.50 bits per heavy atom. The summed E-state index contributed by atoms with van der Waals surface area (Å²) in [5.41, 5.74) is 1.34. The average molecular weight is 257 g/mol. The van der Waals surface area contributed by atoms with Crippen LogP contribution in [0.4, 0.5) is 0 Å². The minimum Gasteiger partial charge on any atom is -0.507 e. The molecule has 0 atom stereocenters. The summed E-state index contributed by atoms with van der Waals surface area (Å²) in [5, 5.41) is 9.58. The molecule has 78 valence electrons. The Morgan fingerprint density at radius 2 is 2.00 bits per heavy atom. The minimum atomic E-state index is 0.146. The van der Waals surface area contributed by atoms with Gasteiger partial charge in [-0.1, -0.05) is 33.3 Å². The van der Waals surface area contributed by atoms with Crippen LogP contribution in [0.2, 0.25) is 0 Å². The number of hydrogen-bond acceptors (Lipinski definition) is 1. The zero-order valence-electron chi connectivity index (χ0n) is 8.97. The molecule has 1 rings (SSSR count). The first-order valence-electron chi connectivity index (χ1n) is 4.96. The summed E-state index contributed by atoms with van der Waals surface area (Å²) in [5.74, 6) is 0.326. The Hall–Kier alpha value is -0.500. The van der Waals surface area contributed by atoms with Crippen molar-refractivity contribution in [3.63, 3.8) is 0 Å². The largest absolute Gasteiger partial charge is 0.507 e. The standard InChI is InChI=1S/C12H17BrO/c1-4-7-12(2,3)9-5-6-10(13)11(14)8-9/h5-6,8,14H,4,7H2,1-3H3. The van der Waals surface area contributed by atoms with Gasteiger partial charge in [-0.2, -0.15) is 0 Å². The van der Waals surface area contributed by atoms with Gasteiger partial charge in [0, 0.05) is 0 Å². The van der Waals surface area contributed by atoms with Crippen molar-refractivity contribution in [2.75, 3.05) is 0 Å². The summed E-state index contributed by atoms with van der Waals surface area (Å²) in [7, 11) is 0. The number of rotatable bonds is 3. The summed E-state index contributed by atoms with van der Waals surface area (Å²) >= 11 is 3.29. The van der Waals surface area contributed by atoms with Crippen LogP contribution < -0.4 is 0 Å². The Balaban J connectivity index is 3.01. The van der Waals surface area contributed by atoms with Gasteiger partial charge in [-0.3, -0.25) is 0 Å². The first-order valence-corrected chi connectivity index (χ1v) is 5.75. The smallest absolute Gasteiger partial charge is 0.130 e. The van der Waals surface area contributed by atoms with Crippen molar-refractivity contribution >= 4 is 15.9 Å². The van der Waals surface area contributed by atoms with E-state index in [1.165, 1.54) is 5.56 Å². The molecule has 1 aromatic carbocycles. The molecule has 0 aliphatic heterocycles. The summed E-state index contributed by atoms with van der Waals surface area (Å²) in [4.78, 5) is 0. The van der Waals surface area contributed by atoms with Crippen LogP contribution in [0, 0.1) is 0 Å². The SMILES string of the molecule is CCCC(C)(C)c1ccc(Br)c(O)c1. The third kappa shape index (κ3) is 2.50. The third-order valence-corrected chi connectivity index (χ3v) is 3.27. The van der Waals surface area contributed by atoms with Crippen molar-refractivity contribution in [2.24, 2.45) is 0 Å². The van der Waals surface area contributed by atoms with Crippen molar-refractivity contribution in [3.8, 4) is 5.75 Å². The Bertz CT molecular complexity index is 318. The highest BCUT2D eigenvalue weighted by Gasteiger charge is 2.19. The van der Waals surface area contributed by atoms with Gasteiger partial charge < -0.3 is 5.11 Å². The molecule has 0 amide bonds. The van der Waals surface area contributed by atoms with Gasteiger partial charge in [-0.25, -0.2) is 0 Å². The van der Waals surface area contributed by atoms with Gasteiger partial charge in [0.15, 0.2) is 0 Å². The predicted molar refractivity (Wildman–Crippen MR) is 63.7 cm³/mol. The van der Waals surface area contributed by atoms with Gasteiger partial charge in [0.2, 0.25) is 0 Å². The Morgan fingerprint density at radius 1 is 1.36 bits per heavy atom. The van der Waals surface area contributed by atoms with Gasteiger partial charge in [-0.15, -0.1) is 0 Å². The maximum absolute atomic E-state index is 9.58. The van der Waals surface area contributed by atoms with E-state index in [2.05, 4.69) is 42.8 Å². The first kappa shape index (κ1) is 11.6. The van der Waals surface area contributed by atoms with E-state index in [0.717, 1.165) is 17.3 Å². The fourth-order valence-electron chi connectivity index (χ4n) is 1.70. The molecule has 0 saturated carbocycles. The van der Waals surface area contributed by atoms with Crippen LogP contribution in [0.5, 0.6) is 5.75 Å². The third-order valence-electron chi connectivity index (χ3n) is 2.60. The molecule has 0 aliphatic rings. The maximum atomic E-state index is 9.58. The van der Waals surface area contributed by atoms with Gasteiger partial charge >= 0.3 is 0 Å². The zero-order valence-corrected chi connectivity index (χ0v) is 10.6. The number of aromatic hydroxyl groups is 1. The number of hydrogen-bond donors (Lipinski definition) is 1. The second-order valence-electron chi connectivity index (χ2n) is 4.30. The van der Waals surface area contributed by atoms with Crippen LogP contribution in [0.15, 0.2) is 22.7 Å². The molecule has 1 N–H and O–H groups in total. The van der Waals surface area contributed by atoms with E-state index in [-0.39, 0.29) is 5.41 Å². The van der Waals surface area contributed by atoms with Crippen molar-refractivity contribution in [1.29, 1.82) is 0 Å². The molecular formula is C12H17BrO. The molecule has 0 heterocycles. The highest BCUT2D eigenvalue weighted by atomic mass is 79.9. The summed E-state index contributed by atoms with van der Waals surface area (Å²) in [6.45, 7) is 6.60. The van der Waals surface area contributed by atoms with E-state index in [4.69, 9.17) is 0 Å². The lowest BCUT2D eigenvalue weighted by Crippen LogP contribution is -2.16. The van der Waals surface area contributed by atoms with Gasteiger partial charge in [0.25, 0.3) is 0 Å². The topological polar surface area (TPSA) is 20.2 Å². The molecule has 2 heteroatoms. The molecule has 0 saturated heterocycles. The zero-order chi connectivity index (χ0) is 10.8. The van der Waals surface area contributed by atoms with Crippen molar-refractivity contribution in [3.05, 3.63) is 28.2 Å². The Labute approximate surface area is 94.3 Å². The molecule has 0 radical (unpaired) electrons. The second kappa shape index (κ2) is 4.35. The highest BCUT2D eigenvalue weighted by molar-refractivity contribution is 9.10.